The molecule has 1 N–H and O–H groups in total. The molecule has 0 atom stereocenters. The van der Waals surface area contributed by atoms with Crippen molar-refractivity contribution in [2.45, 2.75) is 0 Å². The molecule has 0 spiro atoms. The lowest BCUT2D eigenvalue weighted by atomic mass is 10.1. The fraction of sp³-hybridized carbons (Fsp3) is 0. The second kappa shape index (κ2) is 8.83. The number of hydrogen-bond donors (Lipinski definition) is 1. The van der Waals surface area contributed by atoms with E-state index in [-0.39, 0.29) is 5.91 Å². The van der Waals surface area contributed by atoms with Crippen molar-refractivity contribution in [3.05, 3.63) is 106 Å². The maximum Gasteiger partial charge on any atom is 0.272 e. The van der Waals surface area contributed by atoms with Gasteiger partial charge in [0.25, 0.3) is 5.91 Å². The molecule has 29 heavy (non-hydrogen) atoms. The highest BCUT2D eigenvalue weighted by Gasteiger charge is 2.12. The molecule has 5 nitrogen and oxygen atoms in total. The average molecular weight is 492 g/mol. The Morgan fingerprint density at radius 2 is 1.59 bits per heavy atom. The molecule has 0 unspecified atom stereocenters. The van der Waals surface area contributed by atoms with Gasteiger partial charge in [0.05, 0.1) is 17.5 Å². The van der Waals surface area contributed by atoms with Crippen LogP contribution in [0.15, 0.2) is 96.2 Å². The highest BCUT2D eigenvalue weighted by Crippen LogP contribution is 2.22. The van der Waals surface area contributed by atoms with Crippen LogP contribution in [0.1, 0.15) is 15.9 Å². The predicted octanol–water partition coefficient (Wildman–Crippen LogP) is 4.91. The molecule has 0 bridgehead atoms. The van der Waals surface area contributed by atoms with Crippen LogP contribution >= 0.6 is 22.6 Å². The zero-order valence-corrected chi connectivity index (χ0v) is 17.5. The number of aromatic nitrogens is 2. The maximum absolute atomic E-state index is 12.4. The van der Waals surface area contributed by atoms with Crippen LogP contribution in [0.5, 0.6) is 0 Å². The first-order valence-corrected chi connectivity index (χ1v) is 10.1. The standard InChI is InChI=1S/C23H17IN4O/c24-21-14-8-7-13-20(21)23(29)26-25-15-18-16-28(19-11-5-2-6-12-19)27-22(18)17-9-3-1-4-10-17/h1-16H,(H,26,29)/b25-15-. The lowest BCUT2D eigenvalue weighted by Crippen LogP contribution is -2.18. The number of hydrogen-bond acceptors (Lipinski definition) is 3. The van der Waals surface area contributed by atoms with Crippen molar-refractivity contribution in [1.82, 2.24) is 15.2 Å². The quantitative estimate of drug-likeness (QED) is 0.245. The van der Waals surface area contributed by atoms with Crippen molar-refractivity contribution in [1.29, 1.82) is 0 Å². The van der Waals surface area contributed by atoms with E-state index in [2.05, 4.69) is 33.1 Å². The van der Waals surface area contributed by atoms with Crippen LogP contribution in [0.25, 0.3) is 16.9 Å². The van der Waals surface area contributed by atoms with Gasteiger partial charge in [0.1, 0.15) is 5.69 Å². The minimum Gasteiger partial charge on any atom is -0.267 e. The van der Waals surface area contributed by atoms with Gasteiger partial charge in [0.15, 0.2) is 0 Å². The Hall–Kier alpha value is -3.26. The molecule has 0 aliphatic rings. The lowest BCUT2D eigenvalue weighted by Gasteiger charge is -2.02. The van der Waals surface area contributed by atoms with E-state index in [9.17, 15) is 4.79 Å². The van der Waals surface area contributed by atoms with Gasteiger partial charge in [-0.25, -0.2) is 10.1 Å². The van der Waals surface area contributed by atoms with Crippen molar-refractivity contribution in [3.8, 4) is 16.9 Å². The van der Waals surface area contributed by atoms with Crippen molar-refractivity contribution >= 4 is 34.7 Å². The first-order valence-electron chi connectivity index (χ1n) is 9.01. The summed E-state index contributed by atoms with van der Waals surface area (Å²) in [5, 5.41) is 8.90. The topological polar surface area (TPSA) is 59.3 Å². The number of benzene rings is 3. The smallest absolute Gasteiger partial charge is 0.267 e. The minimum absolute atomic E-state index is 0.247. The lowest BCUT2D eigenvalue weighted by molar-refractivity contribution is 0.0954. The number of halogens is 1. The van der Waals surface area contributed by atoms with Gasteiger partial charge in [-0.2, -0.15) is 10.2 Å². The van der Waals surface area contributed by atoms with E-state index in [1.165, 1.54) is 0 Å². The van der Waals surface area contributed by atoms with Crippen molar-refractivity contribution in [3.63, 3.8) is 0 Å². The second-order valence-electron chi connectivity index (χ2n) is 6.26. The molecular formula is C23H17IN4O. The van der Waals surface area contributed by atoms with E-state index >= 15 is 0 Å². The van der Waals surface area contributed by atoms with E-state index in [4.69, 9.17) is 5.10 Å². The third-order valence-electron chi connectivity index (χ3n) is 4.30. The highest BCUT2D eigenvalue weighted by atomic mass is 127. The molecule has 0 aliphatic carbocycles. The summed E-state index contributed by atoms with van der Waals surface area (Å²) in [5.41, 5.74) is 6.73. The van der Waals surface area contributed by atoms with Crippen molar-refractivity contribution < 1.29 is 4.79 Å². The summed E-state index contributed by atoms with van der Waals surface area (Å²) in [6.45, 7) is 0. The number of rotatable bonds is 5. The highest BCUT2D eigenvalue weighted by molar-refractivity contribution is 14.1. The van der Waals surface area contributed by atoms with Crippen LogP contribution < -0.4 is 5.43 Å². The fourth-order valence-corrected chi connectivity index (χ4v) is 3.51. The van der Waals surface area contributed by atoms with Gasteiger partial charge >= 0.3 is 0 Å². The zero-order chi connectivity index (χ0) is 20.1. The Bertz CT molecular complexity index is 1150. The first-order chi connectivity index (χ1) is 14.2. The Kier molecular flexibility index (Phi) is 5.81. The van der Waals surface area contributed by atoms with Crippen LogP contribution in [-0.2, 0) is 0 Å². The number of nitrogens with one attached hydrogen (secondary N) is 1. The number of hydrazone groups is 1. The van der Waals surface area contributed by atoms with E-state index in [0.29, 0.717) is 5.56 Å². The van der Waals surface area contributed by atoms with E-state index < -0.39 is 0 Å². The molecule has 1 amide bonds. The largest absolute Gasteiger partial charge is 0.272 e. The van der Waals surface area contributed by atoms with Gasteiger partial charge in [0.2, 0.25) is 0 Å². The first kappa shape index (κ1) is 19.1. The second-order valence-corrected chi connectivity index (χ2v) is 7.42. The van der Waals surface area contributed by atoms with Crippen LogP contribution in [0.2, 0.25) is 0 Å². The number of carbonyl (C=O) groups excluding carboxylic acids is 1. The van der Waals surface area contributed by atoms with Gasteiger partial charge in [-0.1, -0.05) is 60.7 Å². The molecule has 0 aliphatic heterocycles. The molecule has 3 aromatic carbocycles. The third-order valence-corrected chi connectivity index (χ3v) is 5.24. The Labute approximate surface area is 182 Å². The summed E-state index contributed by atoms with van der Waals surface area (Å²) < 4.78 is 2.69. The summed E-state index contributed by atoms with van der Waals surface area (Å²) in [4.78, 5) is 12.4. The van der Waals surface area contributed by atoms with Crippen molar-refractivity contribution in [2.75, 3.05) is 0 Å². The average Bonchev–Trinajstić information content (AvgIpc) is 3.19. The molecular weight excluding hydrogens is 475 g/mol. The summed E-state index contributed by atoms with van der Waals surface area (Å²) >= 11 is 2.14. The molecule has 4 rings (SSSR count). The summed E-state index contributed by atoms with van der Waals surface area (Å²) in [6.07, 6.45) is 3.53. The molecule has 0 saturated heterocycles. The fourth-order valence-electron chi connectivity index (χ4n) is 2.88. The van der Waals surface area contributed by atoms with E-state index in [1.54, 1.807) is 12.3 Å². The van der Waals surface area contributed by atoms with Gasteiger partial charge in [-0.05, 0) is 46.9 Å². The Balaban J connectivity index is 1.63. The van der Waals surface area contributed by atoms with Gasteiger partial charge in [0, 0.05) is 20.9 Å². The summed E-state index contributed by atoms with van der Waals surface area (Å²) in [7, 11) is 0. The molecule has 0 radical (unpaired) electrons. The van der Waals surface area contributed by atoms with Crippen LogP contribution in [0.4, 0.5) is 0 Å². The Morgan fingerprint density at radius 3 is 2.31 bits per heavy atom. The minimum atomic E-state index is -0.247. The number of para-hydroxylation sites is 1. The molecule has 1 heterocycles. The molecule has 4 aromatic rings. The maximum atomic E-state index is 12.4. The molecule has 0 fully saturated rings. The number of amides is 1. The van der Waals surface area contributed by atoms with Gasteiger partial charge < -0.3 is 0 Å². The third kappa shape index (κ3) is 4.43. The van der Waals surface area contributed by atoms with Crippen LogP contribution in [0, 0.1) is 3.57 Å². The van der Waals surface area contributed by atoms with E-state index in [1.807, 2.05) is 89.7 Å². The molecule has 142 valence electrons. The monoisotopic (exact) mass is 492 g/mol. The predicted molar refractivity (Wildman–Crippen MR) is 123 cm³/mol. The van der Waals surface area contributed by atoms with Crippen LogP contribution in [-0.4, -0.2) is 21.9 Å². The van der Waals surface area contributed by atoms with Gasteiger partial charge in [-0.15, -0.1) is 0 Å². The Morgan fingerprint density at radius 1 is 0.931 bits per heavy atom. The van der Waals surface area contributed by atoms with Crippen LogP contribution in [0.3, 0.4) is 0 Å². The van der Waals surface area contributed by atoms with Gasteiger partial charge in [-0.3, -0.25) is 4.79 Å². The normalized spacial score (nSPS) is 10.9. The SMILES string of the molecule is O=C(N/N=C\c1cn(-c2ccccc2)nc1-c1ccccc1)c1ccccc1I. The summed E-state index contributed by atoms with van der Waals surface area (Å²) in [6, 6.07) is 27.2. The number of carbonyl (C=O) groups is 1. The molecule has 6 heteroatoms. The summed E-state index contributed by atoms with van der Waals surface area (Å²) in [5.74, 6) is -0.247. The molecule has 1 aromatic heterocycles. The van der Waals surface area contributed by atoms with Crippen molar-refractivity contribution in [2.24, 2.45) is 5.10 Å². The molecule has 0 saturated carbocycles. The van der Waals surface area contributed by atoms with E-state index in [0.717, 1.165) is 26.1 Å². The number of nitrogens with zero attached hydrogens (tertiary/aromatic N) is 3. The zero-order valence-electron chi connectivity index (χ0n) is 15.4.